The van der Waals surface area contributed by atoms with E-state index >= 15 is 0 Å². The van der Waals surface area contributed by atoms with Crippen molar-refractivity contribution in [1.82, 2.24) is 0 Å². The highest BCUT2D eigenvalue weighted by Gasteiger charge is 2.49. The first kappa shape index (κ1) is 33.1. The van der Waals surface area contributed by atoms with Crippen molar-refractivity contribution in [1.29, 1.82) is 0 Å². The van der Waals surface area contributed by atoms with E-state index in [-0.39, 0.29) is 0 Å². The maximum atomic E-state index is 2.65. The van der Waals surface area contributed by atoms with E-state index in [2.05, 4.69) is 204 Å². The highest BCUT2D eigenvalue weighted by atomic mass is 15.2. The van der Waals surface area contributed by atoms with Crippen molar-refractivity contribution in [2.75, 3.05) is 9.80 Å². The molecule has 0 amide bonds. The number of fused-ring (bicyclic) bond motifs is 11. The third-order valence-corrected chi connectivity index (χ3v) is 14.3. The Labute approximate surface area is 345 Å². The maximum absolute atomic E-state index is 2.65. The van der Waals surface area contributed by atoms with Crippen LogP contribution in [0.4, 0.5) is 28.4 Å². The molecule has 13 rings (SSSR count). The van der Waals surface area contributed by atoms with Crippen molar-refractivity contribution in [3.05, 3.63) is 222 Å². The molecule has 9 aromatic rings. The van der Waals surface area contributed by atoms with Gasteiger partial charge in [-0.3, -0.25) is 0 Å². The van der Waals surface area contributed by atoms with Crippen molar-refractivity contribution in [2.24, 2.45) is 0 Å². The van der Waals surface area contributed by atoms with E-state index in [4.69, 9.17) is 0 Å². The number of anilines is 5. The second-order valence-corrected chi connectivity index (χ2v) is 17.0. The SMILES string of the molecule is c1ccc(N(c2ccc3c(c2)C2CCCCC2N3c2ccccc2)c2ccc3c4c(cccc24)C2(c4ccccc4-c4cccc5cccc2c45)c2ccccc2-3)cc1. The molecule has 1 aliphatic heterocycles. The lowest BCUT2D eigenvalue weighted by molar-refractivity contribution is 0.402. The fourth-order valence-electron chi connectivity index (χ4n) is 12.0. The Balaban J connectivity index is 1.09. The second-order valence-electron chi connectivity index (χ2n) is 17.0. The van der Waals surface area contributed by atoms with Gasteiger partial charge in [0.05, 0.1) is 11.1 Å². The number of rotatable bonds is 4. The number of nitrogens with zero attached hydrogens (tertiary/aromatic N) is 2. The van der Waals surface area contributed by atoms with E-state index in [1.807, 2.05) is 0 Å². The Morgan fingerprint density at radius 3 is 1.85 bits per heavy atom. The molecule has 1 spiro atoms. The molecule has 0 N–H and O–H groups in total. The quantitative estimate of drug-likeness (QED) is 0.177. The Morgan fingerprint density at radius 1 is 0.458 bits per heavy atom. The lowest BCUT2D eigenvalue weighted by atomic mass is 9.55. The van der Waals surface area contributed by atoms with Crippen LogP contribution >= 0.6 is 0 Å². The molecule has 3 aliphatic carbocycles. The molecule has 2 heteroatoms. The summed E-state index contributed by atoms with van der Waals surface area (Å²) in [5.41, 5.74) is 17.9. The zero-order valence-corrected chi connectivity index (χ0v) is 32.9. The molecule has 1 heterocycles. The van der Waals surface area contributed by atoms with Gasteiger partial charge in [-0.05, 0) is 128 Å². The predicted octanol–water partition coefficient (Wildman–Crippen LogP) is 15.0. The number of hydrogen-bond acceptors (Lipinski definition) is 2. The summed E-state index contributed by atoms with van der Waals surface area (Å²) < 4.78 is 0. The summed E-state index contributed by atoms with van der Waals surface area (Å²) in [6, 6.07) is 74.0. The molecule has 9 aromatic carbocycles. The highest BCUT2D eigenvalue weighted by Crippen LogP contribution is 2.62. The third-order valence-electron chi connectivity index (χ3n) is 14.3. The first-order valence-electron chi connectivity index (χ1n) is 21.4. The van der Waals surface area contributed by atoms with E-state index in [0.717, 1.165) is 0 Å². The molecule has 0 aromatic heterocycles. The van der Waals surface area contributed by atoms with Crippen LogP contribution in [0.1, 0.15) is 59.4 Å². The maximum Gasteiger partial charge on any atom is 0.0725 e. The molecule has 59 heavy (non-hydrogen) atoms. The zero-order valence-electron chi connectivity index (χ0n) is 32.9. The average molecular weight is 755 g/mol. The van der Waals surface area contributed by atoms with Crippen LogP contribution in [0.2, 0.25) is 0 Å². The van der Waals surface area contributed by atoms with Crippen LogP contribution in [-0.4, -0.2) is 6.04 Å². The van der Waals surface area contributed by atoms with Gasteiger partial charge in [0.15, 0.2) is 0 Å². The van der Waals surface area contributed by atoms with Gasteiger partial charge in [0.25, 0.3) is 0 Å². The van der Waals surface area contributed by atoms with Crippen LogP contribution in [0.5, 0.6) is 0 Å². The van der Waals surface area contributed by atoms with Gasteiger partial charge >= 0.3 is 0 Å². The van der Waals surface area contributed by atoms with E-state index in [0.29, 0.717) is 12.0 Å². The molecule has 1 saturated carbocycles. The number of hydrogen-bond donors (Lipinski definition) is 0. The van der Waals surface area contributed by atoms with Crippen LogP contribution in [0.3, 0.4) is 0 Å². The van der Waals surface area contributed by atoms with Gasteiger partial charge in [0.1, 0.15) is 0 Å². The molecule has 3 atom stereocenters. The summed E-state index contributed by atoms with van der Waals surface area (Å²) in [7, 11) is 0. The Bertz CT molecular complexity index is 3140. The Hall–Kier alpha value is -6.90. The Morgan fingerprint density at radius 2 is 1.07 bits per heavy atom. The van der Waals surface area contributed by atoms with Crippen molar-refractivity contribution in [3.8, 4) is 22.3 Å². The molecule has 0 bridgehead atoms. The van der Waals surface area contributed by atoms with E-state index in [1.54, 1.807) is 0 Å². The van der Waals surface area contributed by atoms with E-state index in [9.17, 15) is 0 Å². The molecule has 2 nitrogen and oxygen atoms in total. The predicted molar refractivity (Wildman–Crippen MR) is 246 cm³/mol. The molecule has 280 valence electrons. The van der Waals surface area contributed by atoms with Crippen LogP contribution in [-0.2, 0) is 5.41 Å². The lowest BCUT2D eigenvalue weighted by Gasteiger charge is -2.46. The van der Waals surface area contributed by atoms with Gasteiger partial charge in [0.2, 0.25) is 0 Å². The summed E-state index contributed by atoms with van der Waals surface area (Å²) >= 11 is 0. The van der Waals surface area contributed by atoms with Crippen LogP contribution in [0.25, 0.3) is 43.8 Å². The minimum atomic E-state index is -0.506. The summed E-state index contributed by atoms with van der Waals surface area (Å²) in [6.07, 6.45) is 5.04. The van der Waals surface area contributed by atoms with Gasteiger partial charge in [-0.25, -0.2) is 0 Å². The van der Waals surface area contributed by atoms with Gasteiger partial charge < -0.3 is 9.80 Å². The lowest BCUT2D eigenvalue weighted by Crippen LogP contribution is -2.36. The van der Waals surface area contributed by atoms with Crippen LogP contribution < -0.4 is 9.80 Å². The summed E-state index contributed by atoms with van der Waals surface area (Å²) in [6.45, 7) is 0. The van der Waals surface area contributed by atoms with E-state index < -0.39 is 5.41 Å². The average Bonchev–Trinajstić information content (AvgIpc) is 3.64. The van der Waals surface area contributed by atoms with Crippen molar-refractivity contribution in [3.63, 3.8) is 0 Å². The minimum absolute atomic E-state index is 0.492. The molecule has 1 fully saturated rings. The van der Waals surface area contributed by atoms with Crippen LogP contribution in [0, 0.1) is 0 Å². The summed E-state index contributed by atoms with van der Waals surface area (Å²) in [4.78, 5) is 5.18. The largest absolute Gasteiger partial charge is 0.338 e. The molecule has 0 radical (unpaired) electrons. The fourth-order valence-corrected chi connectivity index (χ4v) is 12.0. The zero-order chi connectivity index (χ0) is 38.7. The molecule has 4 aliphatic rings. The fraction of sp³-hybridized carbons (Fsp3) is 0.123. The van der Waals surface area contributed by atoms with E-state index in [1.165, 1.54) is 126 Å². The molecular weight excluding hydrogens is 713 g/mol. The second kappa shape index (κ2) is 12.5. The van der Waals surface area contributed by atoms with Gasteiger partial charge in [-0.2, -0.15) is 0 Å². The van der Waals surface area contributed by atoms with Gasteiger partial charge in [-0.15, -0.1) is 0 Å². The highest BCUT2D eigenvalue weighted by molar-refractivity contribution is 6.14. The molecule has 0 saturated heterocycles. The topological polar surface area (TPSA) is 6.48 Å². The van der Waals surface area contributed by atoms with Crippen molar-refractivity contribution >= 4 is 50.0 Å². The normalized spacial score (nSPS) is 19.3. The first-order valence-corrected chi connectivity index (χ1v) is 21.4. The third kappa shape index (κ3) is 4.47. The number of para-hydroxylation sites is 2. The van der Waals surface area contributed by atoms with Gasteiger partial charge in [-0.1, -0.05) is 158 Å². The molecule has 3 unspecified atom stereocenters. The Kier molecular flexibility index (Phi) is 7.04. The molecular formula is C57H42N2. The summed E-state index contributed by atoms with van der Waals surface area (Å²) in [5, 5.41) is 5.24. The van der Waals surface area contributed by atoms with Crippen molar-refractivity contribution < 1.29 is 0 Å². The van der Waals surface area contributed by atoms with Crippen LogP contribution in [0.15, 0.2) is 194 Å². The van der Waals surface area contributed by atoms with Gasteiger partial charge in [0, 0.05) is 40.1 Å². The summed E-state index contributed by atoms with van der Waals surface area (Å²) in [5.74, 6) is 0.515. The number of benzene rings is 9. The van der Waals surface area contributed by atoms with Crippen molar-refractivity contribution in [2.45, 2.75) is 43.1 Å². The monoisotopic (exact) mass is 754 g/mol. The minimum Gasteiger partial charge on any atom is -0.338 e. The standard InChI is InChI=1S/C57H42N2/c1-3-18-38(19-4-1)58(40-32-34-54-47(36-40)43-24-9-12-31-52(43)59(54)39-20-5-2-6-21-39)53-35-33-45-42-23-8-11-28-49(42)57(51-30-15-26-46(53)56(45)51)48-27-10-7-22-41(48)44-25-13-16-37-17-14-29-50(57)55(37)44/h1-8,10-11,13-23,25-30,32-36,43,52H,9,12,24,31H2. The smallest absolute Gasteiger partial charge is 0.0725 e. The first-order chi connectivity index (χ1) is 29.3.